The number of nitrogens with two attached hydrogens (primary N) is 1. The minimum atomic E-state index is 0.527. The fourth-order valence-corrected chi connectivity index (χ4v) is 1.86. The average molecular weight is 191 g/mol. The van der Waals surface area contributed by atoms with Crippen LogP contribution >= 0.6 is 0 Å². The summed E-state index contributed by atoms with van der Waals surface area (Å²) in [6.45, 7) is 3.76. The minimum Gasteiger partial charge on any atom is -0.367 e. The topological polar surface area (TPSA) is 42.2 Å². The first-order valence-electron chi connectivity index (χ1n) is 5.27. The van der Waals surface area contributed by atoms with Gasteiger partial charge in [-0.25, -0.2) is 0 Å². The van der Waals surface area contributed by atoms with Gasteiger partial charge in [-0.2, -0.15) is 0 Å². The zero-order valence-corrected chi connectivity index (χ0v) is 8.61. The van der Waals surface area contributed by atoms with Gasteiger partial charge < -0.3 is 10.6 Å². The molecular weight excluding hydrogens is 174 g/mol. The minimum absolute atomic E-state index is 0.527. The summed E-state index contributed by atoms with van der Waals surface area (Å²) in [7, 11) is 0. The van der Waals surface area contributed by atoms with Crippen LogP contribution in [0.4, 0.5) is 5.69 Å². The number of anilines is 1. The molecule has 0 radical (unpaired) electrons. The van der Waals surface area contributed by atoms with Crippen molar-refractivity contribution in [3.8, 4) is 0 Å². The summed E-state index contributed by atoms with van der Waals surface area (Å²) in [4.78, 5) is 6.72. The molecule has 2 N–H and O–H groups in total. The molecule has 0 unspecified atom stereocenters. The number of nitrogens with zero attached hydrogens (tertiary/aromatic N) is 2. The van der Waals surface area contributed by atoms with Gasteiger partial charge in [0.25, 0.3) is 0 Å². The molecule has 1 aliphatic rings. The van der Waals surface area contributed by atoms with E-state index >= 15 is 0 Å². The van der Waals surface area contributed by atoms with Crippen LogP contribution in [0.1, 0.15) is 25.5 Å². The monoisotopic (exact) mass is 191 g/mol. The van der Waals surface area contributed by atoms with Crippen molar-refractivity contribution in [2.24, 2.45) is 5.73 Å². The second-order valence-electron chi connectivity index (χ2n) is 3.69. The summed E-state index contributed by atoms with van der Waals surface area (Å²) < 4.78 is 0. The SMILES string of the molecule is CCN(c1cccnc1CN)C1CC1. The van der Waals surface area contributed by atoms with Crippen LogP contribution in [-0.4, -0.2) is 17.6 Å². The second-order valence-corrected chi connectivity index (χ2v) is 3.69. The molecular formula is C11H17N3. The molecule has 3 heteroatoms. The number of aromatic nitrogens is 1. The van der Waals surface area contributed by atoms with E-state index in [2.05, 4.69) is 22.9 Å². The van der Waals surface area contributed by atoms with Gasteiger partial charge in [-0.15, -0.1) is 0 Å². The Labute approximate surface area is 84.9 Å². The molecule has 1 saturated carbocycles. The fraction of sp³-hybridized carbons (Fsp3) is 0.545. The van der Waals surface area contributed by atoms with E-state index in [1.54, 1.807) is 0 Å². The molecule has 1 aliphatic carbocycles. The van der Waals surface area contributed by atoms with Crippen molar-refractivity contribution in [2.75, 3.05) is 11.4 Å². The first-order valence-corrected chi connectivity index (χ1v) is 5.27. The van der Waals surface area contributed by atoms with E-state index < -0.39 is 0 Å². The summed E-state index contributed by atoms with van der Waals surface area (Å²) in [5, 5.41) is 0. The highest BCUT2D eigenvalue weighted by molar-refractivity contribution is 5.52. The molecule has 1 heterocycles. The van der Waals surface area contributed by atoms with Crippen LogP contribution in [0.15, 0.2) is 18.3 Å². The van der Waals surface area contributed by atoms with Gasteiger partial charge in [0.15, 0.2) is 0 Å². The van der Waals surface area contributed by atoms with Crippen molar-refractivity contribution in [1.82, 2.24) is 4.98 Å². The molecule has 0 bridgehead atoms. The van der Waals surface area contributed by atoms with Gasteiger partial charge in [0.2, 0.25) is 0 Å². The van der Waals surface area contributed by atoms with Gasteiger partial charge in [-0.1, -0.05) is 0 Å². The molecule has 1 fully saturated rings. The summed E-state index contributed by atoms with van der Waals surface area (Å²) in [6.07, 6.45) is 4.44. The first kappa shape index (κ1) is 9.46. The zero-order chi connectivity index (χ0) is 9.97. The Bertz CT molecular complexity index is 307. The third-order valence-corrected chi connectivity index (χ3v) is 2.70. The zero-order valence-electron chi connectivity index (χ0n) is 8.61. The van der Waals surface area contributed by atoms with Crippen LogP contribution in [0.25, 0.3) is 0 Å². The maximum atomic E-state index is 5.67. The molecule has 0 atom stereocenters. The molecule has 0 amide bonds. The Balaban J connectivity index is 2.27. The Morgan fingerprint density at radius 1 is 1.57 bits per heavy atom. The van der Waals surface area contributed by atoms with E-state index in [1.165, 1.54) is 18.5 Å². The lowest BCUT2D eigenvalue weighted by Gasteiger charge is -2.24. The van der Waals surface area contributed by atoms with Crippen molar-refractivity contribution in [3.05, 3.63) is 24.0 Å². The third-order valence-electron chi connectivity index (χ3n) is 2.70. The molecule has 3 nitrogen and oxygen atoms in total. The van der Waals surface area contributed by atoms with Crippen LogP contribution in [-0.2, 0) is 6.54 Å². The van der Waals surface area contributed by atoms with Gasteiger partial charge in [-0.05, 0) is 31.9 Å². The third kappa shape index (κ3) is 1.73. The molecule has 1 aromatic rings. The van der Waals surface area contributed by atoms with Crippen LogP contribution in [0.3, 0.4) is 0 Å². The molecule has 0 spiro atoms. The molecule has 2 rings (SSSR count). The van der Waals surface area contributed by atoms with E-state index in [0.29, 0.717) is 6.54 Å². The van der Waals surface area contributed by atoms with E-state index in [4.69, 9.17) is 5.73 Å². The van der Waals surface area contributed by atoms with Crippen molar-refractivity contribution in [3.63, 3.8) is 0 Å². The maximum absolute atomic E-state index is 5.67. The Morgan fingerprint density at radius 3 is 2.93 bits per heavy atom. The van der Waals surface area contributed by atoms with Crippen LogP contribution in [0.5, 0.6) is 0 Å². The maximum Gasteiger partial charge on any atom is 0.0772 e. The Hall–Kier alpha value is -1.09. The Morgan fingerprint density at radius 2 is 2.36 bits per heavy atom. The molecule has 0 aromatic carbocycles. The van der Waals surface area contributed by atoms with Crippen LogP contribution in [0.2, 0.25) is 0 Å². The first-order chi connectivity index (χ1) is 6.86. The number of rotatable bonds is 4. The molecule has 14 heavy (non-hydrogen) atoms. The van der Waals surface area contributed by atoms with Gasteiger partial charge in [0.1, 0.15) is 0 Å². The van der Waals surface area contributed by atoms with E-state index in [1.807, 2.05) is 12.3 Å². The highest BCUT2D eigenvalue weighted by atomic mass is 15.2. The van der Waals surface area contributed by atoms with Gasteiger partial charge >= 0.3 is 0 Å². The van der Waals surface area contributed by atoms with Crippen molar-refractivity contribution >= 4 is 5.69 Å². The van der Waals surface area contributed by atoms with Gasteiger partial charge in [0.05, 0.1) is 11.4 Å². The van der Waals surface area contributed by atoms with Crippen molar-refractivity contribution < 1.29 is 0 Å². The molecule has 1 aromatic heterocycles. The number of hydrogen-bond donors (Lipinski definition) is 1. The smallest absolute Gasteiger partial charge is 0.0772 e. The van der Waals surface area contributed by atoms with Crippen LogP contribution in [0, 0.1) is 0 Å². The number of pyridine rings is 1. The van der Waals surface area contributed by atoms with Crippen molar-refractivity contribution in [2.45, 2.75) is 32.4 Å². The average Bonchev–Trinajstić information content (AvgIpc) is 3.04. The lowest BCUT2D eigenvalue weighted by atomic mass is 10.2. The van der Waals surface area contributed by atoms with E-state index in [9.17, 15) is 0 Å². The van der Waals surface area contributed by atoms with Crippen LogP contribution < -0.4 is 10.6 Å². The fourth-order valence-electron chi connectivity index (χ4n) is 1.86. The molecule has 76 valence electrons. The standard InChI is InChI=1S/C11H17N3/c1-2-14(9-5-6-9)11-4-3-7-13-10(11)8-12/h3-4,7,9H,2,5-6,8,12H2,1H3. The molecule has 0 saturated heterocycles. The van der Waals surface area contributed by atoms with Crippen molar-refractivity contribution in [1.29, 1.82) is 0 Å². The van der Waals surface area contributed by atoms with Gasteiger partial charge in [0, 0.05) is 25.3 Å². The number of hydrogen-bond acceptors (Lipinski definition) is 3. The Kier molecular flexibility index (Phi) is 2.68. The van der Waals surface area contributed by atoms with E-state index in [0.717, 1.165) is 18.3 Å². The predicted octanol–water partition coefficient (Wildman–Crippen LogP) is 1.53. The highest BCUT2D eigenvalue weighted by Gasteiger charge is 2.29. The molecule has 0 aliphatic heterocycles. The lowest BCUT2D eigenvalue weighted by Crippen LogP contribution is -2.27. The quantitative estimate of drug-likeness (QED) is 0.784. The lowest BCUT2D eigenvalue weighted by molar-refractivity contribution is 0.807. The largest absolute Gasteiger partial charge is 0.367 e. The predicted molar refractivity (Wildman–Crippen MR) is 58.2 cm³/mol. The second kappa shape index (κ2) is 3.96. The normalized spacial score (nSPS) is 15.6. The highest BCUT2D eigenvalue weighted by Crippen LogP contribution is 2.32. The van der Waals surface area contributed by atoms with Gasteiger partial charge in [-0.3, -0.25) is 4.98 Å². The summed E-state index contributed by atoms with van der Waals surface area (Å²) in [5.74, 6) is 0. The van der Waals surface area contributed by atoms with E-state index in [-0.39, 0.29) is 0 Å². The summed E-state index contributed by atoms with van der Waals surface area (Å²) in [5.41, 5.74) is 7.91. The summed E-state index contributed by atoms with van der Waals surface area (Å²) in [6, 6.07) is 4.84. The summed E-state index contributed by atoms with van der Waals surface area (Å²) >= 11 is 0.